The third-order valence-corrected chi connectivity index (χ3v) is 3.38. The number of anilines is 1. The topological polar surface area (TPSA) is 101 Å². The number of amides is 1. The maximum Gasteiger partial charge on any atom is 0.328 e. The van der Waals surface area contributed by atoms with Gasteiger partial charge in [-0.15, -0.1) is 0 Å². The van der Waals surface area contributed by atoms with Crippen LogP contribution in [0, 0.1) is 0 Å². The minimum atomic E-state index is -1.06. The van der Waals surface area contributed by atoms with Crippen LogP contribution in [0.15, 0.2) is 35.4 Å². The average molecular weight is 305 g/mol. The van der Waals surface area contributed by atoms with E-state index in [1.54, 1.807) is 7.05 Å². The second-order valence-electron chi connectivity index (χ2n) is 4.06. The minimum absolute atomic E-state index is 0.232. The summed E-state index contributed by atoms with van der Waals surface area (Å²) in [6.45, 7) is 0. The largest absolute Gasteiger partial charge is 0.478 e. The van der Waals surface area contributed by atoms with Gasteiger partial charge in [-0.1, -0.05) is 11.3 Å². The summed E-state index contributed by atoms with van der Waals surface area (Å²) in [5.74, 6) is -1.51. The highest BCUT2D eigenvalue weighted by molar-refractivity contribution is 7.16. The number of hydrogen-bond acceptors (Lipinski definition) is 5. The molecule has 0 unspecified atom stereocenters. The van der Waals surface area contributed by atoms with E-state index in [1.807, 2.05) is 0 Å². The summed E-state index contributed by atoms with van der Waals surface area (Å²) in [4.78, 5) is 38.4. The van der Waals surface area contributed by atoms with Gasteiger partial charge in [0, 0.05) is 42.0 Å². The second kappa shape index (κ2) is 6.14. The quantitative estimate of drug-likeness (QED) is 0.826. The van der Waals surface area contributed by atoms with Crippen molar-refractivity contribution in [1.82, 2.24) is 9.55 Å². The number of nitrogens with one attached hydrogen (secondary N) is 1. The highest BCUT2D eigenvalue weighted by atomic mass is 32.1. The normalized spacial score (nSPS) is 10.7. The monoisotopic (exact) mass is 305 g/mol. The maximum atomic E-state index is 11.9. The van der Waals surface area contributed by atoms with Crippen LogP contribution in [0.5, 0.6) is 0 Å². The number of rotatable bonds is 4. The van der Waals surface area contributed by atoms with Gasteiger partial charge >= 0.3 is 5.97 Å². The van der Waals surface area contributed by atoms with Crippen LogP contribution < -0.4 is 10.9 Å². The molecule has 8 heteroatoms. The fourth-order valence-corrected chi connectivity index (χ4v) is 2.15. The number of carboxylic acid groups (broad SMARTS) is 1. The molecule has 0 radical (unpaired) electrons. The van der Waals surface area contributed by atoms with E-state index in [4.69, 9.17) is 5.11 Å². The predicted octanol–water partition coefficient (Wildman–Crippen LogP) is 1.19. The van der Waals surface area contributed by atoms with E-state index in [1.165, 1.54) is 35.2 Å². The Bertz CT molecular complexity index is 776. The van der Waals surface area contributed by atoms with Crippen LogP contribution in [0.1, 0.15) is 15.2 Å². The van der Waals surface area contributed by atoms with Crippen molar-refractivity contribution in [1.29, 1.82) is 0 Å². The van der Waals surface area contributed by atoms with Crippen molar-refractivity contribution >= 4 is 34.4 Å². The van der Waals surface area contributed by atoms with Crippen molar-refractivity contribution in [2.75, 3.05) is 5.32 Å². The highest BCUT2D eigenvalue weighted by Gasteiger charge is 2.09. The van der Waals surface area contributed by atoms with Gasteiger partial charge in [0.2, 0.25) is 0 Å². The van der Waals surface area contributed by atoms with Crippen molar-refractivity contribution in [3.63, 3.8) is 0 Å². The summed E-state index contributed by atoms with van der Waals surface area (Å²) in [5.41, 5.74) is -0.0530. The van der Waals surface area contributed by atoms with Gasteiger partial charge in [0.25, 0.3) is 11.5 Å². The predicted molar refractivity (Wildman–Crippen MR) is 78.4 cm³/mol. The van der Waals surface area contributed by atoms with Gasteiger partial charge < -0.3 is 9.67 Å². The van der Waals surface area contributed by atoms with Crippen LogP contribution in [0.4, 0.5) is 5.13 Å². The first-order valence-electron chi connectivity index (χ1n) is 5.80. The molecule has 0 aromatic carbocycles. The molecule has 0 saturated carbocycles. The first-order chi connectivity index (χ1) is 9.95. The second-order valence-corrected chi connectivity index (χ2v) is 5.12. The number of thiazole rings is 1. The SMILES string of the molecule is Cn1ccc(C(=O)Nc2ncc(/C=C/C(=O)O)s2)cc1=O. The lowest BCUT2D eigenvalue weighted by atomic mass is 10.2. The third kappa shape index (κ3) is 3.86. The fourth-order valence-electron chi connectivity index (χ4n) is 1.43. The Morgan fingerprint density at radius 1 is 1.48 bits per heavy atom. The number of carbonyl (C=O) groups excluding carboxylic acids is 1. The van der Waals surface area contributed by atoms with Gasteiger partial charge in [0.15, 0.2) is 5.13 Å². The smallest absolute Gasteiger partial charge is 0.328 e. The van der Waals surface area contributed by atoms with Crippen LogP contribution in [0.3, 0.4) is 0 Å². The molecule has 21 heavy (non-hydrogen) atoms. The Morgan fingerprint density at radius 2 is 2.24 bits per heavy atom. The molecule has 7 nitrogen and oxygen atoms in total. The van der Waals surface area contributed by atoms with Crippen LogP contribution >= 0.6 is 11.3 Å². The molecule has 0 fully saturated rings. The van der Waals surface area contributed by atoms with Gasteiger partial charge in [-0.3, -0.25) is 14.9 Å². The molecule has 0 aliphatic heterocycles. The molecule has 0 atom stereocenters. The first-order valence-corrected chi connectivity index (χ1v) is 6.62. The number of aliphatic carboxylic acids is 1. The number of carbonyl (C=O) groups is 2. The summed E-state index contributed by atoms with van der Waals surface area (Å²) in [6.07, 6.45) is 5.32. The highest BCUT2D eigenvalue weighted by Crippen LogP contribution is 2.19. The van der Waals surface area contributed by atoms with Gasteiger partial charge in [-0.2, -0.15) is 0 Å². The van der Waals surface area contributed by atoms with Crippen molar-refractivity contribution in [3.05, 3.63) is 51.4 Å². The Hall–Kier alpha value is -2.74. The van der Waals surface area contributed by atoms with E-state index in [9.17, 15) is 14.4 Å². The van der Waals surface area contributed by atoms with E-state index in [2.05, 4.69) is 10.3 Å². The molecule has 0 saturated heterocycles. The molecular weight excluding hydrogens is 294 g/mol. The van der Waals surface area contributed by atoms with E-state index < -0.39 is 11.9 Å². The molecule has 0 aliphatic carbocycles. The molecule has 2 aromatic heterocycles. The lowest BCUT2D eigenvalue weighted by Crippen LogP contribution is -2.19. The van der Waals surface area contributed by atoms with Gasteiger partial charge in [-0.05, 0) is 12.1 Å². The van der Waals surface area contributed by atoms with Crippen molar-refractivity contribution in [2.24, 2.45) is 7.05 Å². The van der Waals surface area contributed by atoms with Crippen molar-refractivity contribution in [2.45, 2.75) is 0 Å². The van der Waals surface area contributed by atoms with Crippen LogP contribution in [-0.2, 0) is 11.8 Å². The van der Waals surface area contributed by atoms with Crippen LogP contribution in [0.2, 0.25) is 0 Å². The third-order valence-electron chi connectivity index (χ3n) is 2.50. The maximum absolute atomic E-state index is 11.9. The Morgan fingerprint density at radius 3 is 2.90 bits per heavy atom. The summed E-state index contributed by atoms with van der Waals surface area (Å²) in [6, 6.07) is 2.75. The molecule has 2 aromatic rings. The molecule has 0 aliphatic rings. The molecule has 0 bridgehead atoms. The molecule has 0 spiro atoms. The summed E-state index contributed by atoms with van der Waals surface area (Å²) >= 11 is 1.13. The number of carboxylic acids is 1. The number of hydrogen-bond donors (Lipinski definition) is 2. The Balaban J connectivity index is 2.11. The number of nitrogens with zero attached hydrogens (tertiary/aromatic N) is 2. The summed E-state index contributed by atoms with van der Waals surface area (Å²) < 4.78 is 1.36. The van der Waals surface area contributed by atoms with Crippen molar-refractivity contribution < 1.29 is 14.7 Å². The zero-order valence-corrected chi connectivity index (χ0v) is 11.8. The first kappa shape index (κ1) is 14.7. The fraction of sp³-hybridized carbons (Fsp3) is 0.0769. The molecule has 2 rings (SSSR count). The molecule has 2 N–H and O–H groups in total. The van der Waals surface area contributed by atoms with Gasteiger partial charge in [-0.25, -0.2) is 9.78 Å². The number of aromatic nitrogens is 2. The van der Waals surface area contributed by atoms with E-state index >= 15 is 0 Å². The van der Waals surface area contributed by atoms with E-state index in [0.717, 1.165) is 17.4 Å². The molecular formula is C13H11N3O4S. The zero-order chi connectivity index (χ0) is 15.4. The lowest BCUT2D eigenvalue weighted by molar-refractivity contribution is -0.131. The lowest BCUT2D eigenvalue weighted by Gasteiger charge is -2.02. The van der Waals surface area contributed by atoms with Crippen LogP contribution in [0.25, 0.3) is 6.08 Å². The van der Waals surface area contributed by atoms with Gasteiger partial charge in [0.05, 0.1) is 0 Å². The number of aryl methyl sites for hydroxylation is 1. The summed E-state index contributed by atoms with van der Waals surface area (Å²) in [5, 5.41) is 11.4. The van der Waals surface area contributed by atoms with Gasteiger partial charge in [0.1, 0.15) is 0 Å². The van der Waals surface area contributed by atoms with Crippen LogP contribution in [-0.4, -0.2) is 26.5 Å². The standard InChI is InChI=1S/C13H11N3O4S/c1-16-5-4-8(6-10(16)17)12(20)15-13-14-7-9(21-13)2-3-11(18)19/h2-7H,1H3,(H,18,19)(H,14,15,20)/b3-2+. The Kier molecular flexibility index (Phi) is 4.29. The molecule has 1 amide bonds. The zero-order valence-electron chi connectivity index (χ0n) is 10.9. The average Bonchev–Trinajstić information content (AvgIpc) is 2.87. The van der Waals surface area contributed by atoms with Crippen molar-refractivity contribution in [3.8, 4) is 0 Å². The van der Waals surface area contributed by atoms with E-state index in [0.29, 0.717) is 10.0 Å². The van der Waals surface area contributed by atoms with E-state index in [-0.39, 0.29) is 11.1 Å². The summed E-state index contributed by atoms with van der Waals surface area (Å²) in [7, 11) is 1.59. The number of pyridine rings is 1. The molecule has 2 heterocycles. The molecule has 108 valence electrons. The Labute approximate surface area is 123 Å². The minimum Gasteiger partial charge on any atom is -0.478 e.